The topological polar surface area (TPSA) is 61.4 Å². The van der Waals surface area contributed by atoms with Gasteiger partial charge in [0.1, 0.15) is 5.82 Å². The number of nitrogens with zero attached hydrogens (tertiary/aromatic N) is 1. The molecule has 126 valence electrons. The third-order valence-electron chi connectivity index (χ3n) is 3.62. The number of amides is 3. The van der Waals surface area contributed by atoms with Crippen molar-refractivity contribution >= 4 is 11.9 Å². The summed E-state index contributed by atoms with van der Waals surface area (Å²) in [6, 6.07) is 5.86. The lowest BCUT2D eigenvalue weighted by atomic mass is 10.1. The van der Waals surface area contributed by atoms with Gasteiger partial charge in [0.15, 0.2) is 0 Å². The molecule has 0 aliphatic carbocycles. The van der Waals surface area contributed by atoms with Crippen molar-refractivity contribution in [2.45, 2.75) is 45.2 Å². The summed E-state index contributed by atoms with van der Waals surface area (Å²) in [7, 11) is 0. The largest absolute Gasteiger partial charge is 0.340 e. The Labute approximate surface area is 136 Å². The van der Waals surface area contributed by atoms with E-state index in [1.165, 1.54) is 12.1 Å². The van der Waals surface area contributed by atoms with Gasteiger partial charge >= 0.3 is 6.03 Å². The molecule has 1 heterocycles. The van der Waals surface area contributed by atoms with Gasteiger partial charge in [-0.15, -0.1) is 0 Å². The predicted octanol–water partition coefficient (Wildman–Crippen LogP) is 2.07. The molecule has 0 unspecified atom stereocenters. The summed E-state index contributed by atoms with van der Waals surface area (Å²) >= 11 is 0. The number of halogens is 1. The van der Waals surface area contributed by atoms with Crippen LogP contribution in [0.15, 0.2) is 24.3 Å². The average molecular weight is 321 g/mol. The van der Waals surface area contributed by atoms with Crippen molar-refractivity contribution in [1.29, 1.82) is 0 Å². The summed E-state index contributed by atoms with van der Waals surface area (Å²) in [6.45, 7) is 6.80. The van der Waals surface area contributed by atoms with Crippen LogP contribution in [0.3, 0.4) is 0 Å². The summed E-state index contributed by atoms with van der Waals surface area (Å²) in [6.07, 6.45) is 0.994. The molecular formula is C17H24FN3O2. The lowest BCUT2D eigenvalue weighted by Crippen LogP contribution is -2.50. The van der Waals surface area contributed by atoms with Crippen molar-refractivity contribution in [2.75, 3.05) is 13.1 Å². The second-order valence-corrected chi connectivity index (χ2v) is 6.97. The minimum atomic E-state index is -0.311. The Hall–Kier alpha value is -2.11. The molecule has 2 rings (SSSR count). The lowest BCUT2D eigenvalue weighted by molar-refractivity contribution is -0.127. The highest BCUT2D eigenvalue weighted by atomic mass is 19.1. The van der Waals surface area contributed by atoms with Crippen molar-refractivity contribution in [3.8, 4) is 0 Å². The van der Waals surface area contributed by atoms with E-state index < -0.39 is 0 Å². The first-order chi connectivity index (χ1) is 10.7. The minimum Gasteiger partial charge on any atom is -0.340 e. The molecule has 0 aromatic heterocycles. The summed E-state index contributed by atoms with van der Waals surface area (Å²) in [5, 5.41) is 5.66. The van der Waals surface area contributed by atoms with Crippen LogP contribution in [0.1, 0.15) is 32.8 Å². The number of carbonyl (C=O) groups is 2. The average Bonchev–Trinajstić information content (AvgIpc) is 2.76. The molecule has 2 N–H and O–H groups in total. The number of carbonyl (C=O) groups excluding carboxylic acids is 2. The smallest absolute Gasteiger partial charge is 0.315 e. The summed E-state index contributed by atoms with van der Waals surface area (Å²) in [5.74, 6) is -0.228. The highest BCUT2D eigenvalue weighted by Gasteiger charge is 2.30. The van der Waals surface area contributed by atoms with Gasteiger partial charge in [-0.25, -0.2) is 9.18 Å². The van der Waals surface area contributed by atoms with Crippen LogP contribution in [0.2, 0.25) is 0 Å². The van der Waals surface area contributed by atoms with E-state index in [1.54, 1.807) is 17.0 Å². The van der Waals surface area contributed by atoms with Crippen LogP contribution in [0.4, 0.5) is 9.18 Å². The number of rotatable bonds is 4. The van der Waals surface area contributed by atoms with Gasteiger partial charge in [-0.1, -0.05) is 12.1 Å². The fraction of sp³-hybridized carbons (Fsp3) is 0.529. The molecule has 1 aliphatic heterocycles. The van der Waals surface area contributed by atoms with E-state index in [9.17, 15) is 14.0 Å². The van der Waals surface area contributed by atoms with Crippen molar-refractivity contribution < 1.29 is 14.0 Å². The number of hydrogen-bond acceptors (Lipinski definition) is 2. The fourth-order valence-corrected chi connectivity index (χ4v) is 2.56. The Balaban J connectivity index is 1.80. The second kappa shape index (κ2) is 6.98. The number of urea groups is 1. The van der Waals surface area contributed by atoms with E-state index in [-0.39, 0.29) is 29.3 Å². The molecule has 0 saturated carbocycles. The molecule has 3 amide bonds. The zero-order valence-corrected chi connectivity index (χ0v) is 13.9. The first-order valence-electron chi connectivity index (χ1n) is 7.84. The molecule has 5 nitrogen and oxygen atoms in total. The molecule has 1 fully saturated rings. The Morgan fingerprint density at radius 3 is 2.57 bits per heavy atom. The summed E-state index contributed by atoms with van der Waals surface area (Å²) in [5.41, 5.74) is 0.677. The Kier molecular flexibility index (Phi) is 5.23. The normalized spacial score (nSPS) is 18.2. The third-order valence-corrected chi connectivity index (χ3v) is 3.62. The summed E-state index contributed by atoms with van der Waals surface area (Å²) < 4.78 is 12.9. The maximum absolute atomic E-state index is 12.9. The van der Waals surface area contributed by atoms with Gasteiger partial charge in [0.25, 0.3) is 0 Å². The molecule has 1 aromatic carbocycles. The van der Waals surface area contributed by atoms with Crippen LogP contribution in [0.5, 0.6) is 0 Å². The van der Waals surface area contributed by atoms with Gasteiger partial charge in [-0.3, -0.25) is 4.79 Å². The Morgan fingerprint density at radius 1 is 1.30 bits per heavy atom. The first-order valence-corrected chi connectivity index (χ1v) is 7.84. The van der Waals surface area contributed by atoms with Crippen LogP contribution in [-0.4, -0.2) is 41.5 Å². The maximum atomic E-state index is 12.9. The third kappa shape index (κ3) is 5.54. The highest BCUT2D eigenvalue weighted by molar-refractivity contribution is 5.81. The lowest BCUT2D eigenvalue weighted by Gasteiger charge is -2.22. The fourth-order valence-electron chi connectivity index (χ4n) is 2.56. The van der Waals surface area contributed by atoms with E-state index in [1.807, 2.05) is 20.8 Å². The number of benzene rings is 1. The molecule has 1 aromatic rings. The quantitative estimate of drug-likeness (QED) is 0.892. The maximum Gasteiger partial charge on any atom is 0.315 e. The van der Waals surface area contributed by atoms with Gasteiger partial charge in [0, 0.05) is 25.0 Å². The monoisotopic (exact) mass is 321 g/mol. The summed E-state index contributed by atoms with van der Waals surface area (Å²) in [4.78, 5) is 25.6. The minimum absolute atomic E-state index is 0.0353. The molecule has 6 heteroatoms. The van der Waals surface area contributed by atoms with E-state index in [0.29, 0.717) is 25.9 Å². The standard InChI is InChI=1S/C17H24FN3O2/c1-17(2,3)20-16(23)19-14-10-15(22)21(11-14)9-8-12-4-6-13(18)7-5-12/h4-7,14H,8-11H2,1-3H3,(H2,19,20,23)/t14-/m1/s1. The molecule has 1 atom stereocenters. The number of hydrogen-bond donors (Lipinski definition) is 2. The molecule has 1 saturated heterocycles. The van der Waals surface area contributed by atoms with Crippen LogP contribution in [-0.2, 0) is 11.2 Å². The Bertz CT molecular complexity index is 566. The van der Waals surface area contributed by atoms with Crippen LogP contribution in [0.25, 0.3) is 0 Å². The van der Waals surface area contributed by atoms with Gasteiger partial charge in [0.2, 0.25) is 5.91 Å². The molecular weight excluding hydrogens is 297 g/mol. The van der Waals surface area contributed by atoms with E-state index >= 15 is 0 Å². The molecule has 23 heavy (non-hydrogen) atoms. The van der Waals surface area contributed by atoms with Gasteiger partial charge in [-0.05, 0) is 44.9 Å². The van der Waals surface area contributed by atoms with E-state index in [0.717, 1.165) is 5.56 Å². The van der Waals surface area contributed by atoms with Crippen molar-refractivity contribution in [1.82, 2.24) is 15.5 Å². The Morgan fingerprint density at radius 2 is 1.96 bits per heavy atom. The van der Waals surface area contributed by atoms with Gasteiger partial charge in [-0.2, -0.15) is 0 Å². The predicted molar refractivity (Wildman–Crippen MR) is 86.5 cm³/mol. The molecule has 0 bridgehead atoms. The highest BCUT2D eigenvalue weighted by Crippen LogP contribution is 2.13. The number of likely N-dealkylation sites (tertiary alicyclic amines) is 1. The zero-order chi connectivity index (χ0) is 17.0. The van der Waals surface area contributed by atoms with Gasteiger partial charge in [0.05, 0.1) is 6.04 Å². The van der Waals surface area contributed by atoms with Crippen molar-refractivity contribution in [3.63, 3.8) is 0 Å². The van der Waals surface area contributed by atoms with Crippen LogP contribution in [0, 0.1) is 5.82 Å². The zero-order valence-electron chi connectivity index (χ0n) is 13.9. The van der Waals surface area contributed by atoms with Crippen molar-refractivity contribution in [3.05, 3.63) is 35.6 Å². The number of nitrogens with one attached hydrogen (secondary N) is 2. The van der Waals surface area contributed by atoms with Crippen LogP contribution >= 0.6 is 0 Å². The van der Waals surface area contributed by atoms with Gasteiger partial charge < -0.3 is 15.5 Å². The van der Waals surface area contributed by atoms with Crippen molar-refractivity contribution in [2.24, 2.45) is 0 Å². The SMILES string of the molecule is CC(C)(C)NC(=O)N[C@@H]1CC(=O)N(CCc2ccc(F)cc2)C1. The molecule has 0 spiro atoms. The van der Waals surface area contributed by atoms with Crippen LogP contribution < -0.4 is 10.6 Å². The molecule has 1 aliphatic rings. The first kappa shape index (κ1) is 17.2. The molecule has 0 radical (unpaired) electrons. The van der Waals surface area contributed by atoms with E-state index in [4.69, 9.17) is 0 Å². The second-order valence-electron chi connectivity index (χ2n) is 6.97. The van der Waals surface area contributed by atoms with E-state index in [2.05, 4.69) is 10.6 Å².